The fourth-order valence-corrected chi connectivity index (χ4v) is 3.81. The van der Waals surface area contributed by atoms with Crippen LogP contribution in [-0.4, -0.2) is 41.3 Å². The van der Waals surface area contributed by atoms with E-state index in [9.17, 15) is 9.35 Å². The molecule has 0 fully saturated rings. The van der Waals surface area contributed by atoms with Gasteiger partial charge < -0.3 is 23.5 Å². The van der Waals surface area contributed by atoms with E-state index in [1.807, 2.05) is 6.92 Å². The molecule has 0 saturated heterocycles. The van der Waals surface area contributed by atoms with Gasteiger partial charge in [0.05, 0.1) is 32.0 Å². The minimum absolute atomic E-state index is 0.156. The van der Waals surface area contributed by atoms with Gasteiger partial charge in [0, 0.05) is 36.2 Å². The van der Waals surface area contributed by atoms with Crippen LogP contribution in [0.3, 0.4) is 0 Å². The van der Waals surface area contributed by atoms with E-state index >= 15 is 0 Å². The molecule has 1 unspecified atom stereocenters. The maximum atomic E-state index is 12.9. The molecule has 1 heterocycles. The standard InChI is InChI=1S/C20H20N2O6S/c1-5-27-16-14-8-7-13(29(24)20-21-9-6-10-22-20)11-15(14)17(28-12(2)23)19(26-4)18(16)25-3/h6-11H,5H2,1-4H3. The third-order valence-electron chi connectivity index (χ3n) is 3.96. The molecule has 0 bridgehead atoms. The first kappa shape index (κ1) is 20.7. The van der Waals surface area contributed by atoms with Gasteiger partial charge in [-0.25, -0.2) is 0 Å². The third-order valence-corrected chi connectivity index (χ3v) is 5.19. The predicted octanol–water partition coefficient (Wildman–Crippen LogP) is 3.14. The second kappa shape index (κ2) is 8.97. The summed E-state index contributed by atoms with van der Waals surface area (Å²) in [6.45, 7) is 3.51. The molecule has 0 aliphatic rings. The molecule has 3 aromatic rings. The average Bonchev–Trinajstić information content (AvgIpc) is 2.74. The molecular formula is C20H20N2O6S. The van der Waals surface area contributed by atoms with Crippen molar-refractivity contribution in [2.24, 2.45) is 0 Å². The van der Waals surface area contributed by atoms with Crippen LogP contribution in [0.4, 0.5) is 0 Å². The van der Waals surface area contributed by atoms with Gasteiger partial charge in [-0.05, 0) is 25.1 Å². The number of aromatic nitrogens is 2. The lowest BCUT2D eigenvalue weighted by atomic mass is 10.1. The third kappa shape index (κ3) is 4.06. The van der Waals surface area contributed by atoms with Crippen LogP contribution in [-0.2, 0) is 16.0 Å². The largest absolute Gasteiger partial charge is 0.604 e. The van der Waals surface area contributed by atoms with Crippen molar-refractivity contribution >= 4 is 27.9 Å². The Kier molecular flexibility index (Phi) is 6.40. The highest BCUT2D eigenvalue weighted by Crippen LogP contribution is 2.51. The Morgan fingerprint density at radius 2 is 1.69 bits per heavy atom. The number of esters is 1. The number of ether oxygens (including phenoxy) is 4. The topological polar surface area (TPSA) is 103 Å². The van der Waals surface area contributed by atoms with Crippen molar-refractivity contribution in [1.82, 2.24) is 9.97 Å². The fourth-order valence-electron chi connectivity index (χ4n) is 2.87. The van der Waals surface area contributed by atoms with Gasteiger partial charge in [0.25, 0.3) is 0 Å². The first-order chi connectivity index (χ1) is 14.0. The zero-order valence-electron chi connectivity index (χ0n) is 16.4. The maximum absolute atomic E-state index is 12.9. The monoisotopic (exact) mass is 416 g/mol. The summed E-state index contributed by atoms with van der Waals surface area (Å²) in [7, 11) is 2.91. The molecule has 1 atom stereocenters. The van der Waals surface area contributed by atoms with Crippen LogP contribution in [0, 0.1) is 0 Å². The minimum Gasteiger partial charge on any atom is -0.604 e. The summed E-state index contributed by atoms with van der Waals surface area (Å²) in [6, 6.07) is 6.70. The molecule has 8 nitrogen and oxygen atoms in total. The van der Waals surface area contributed by atoms with Gasteiger partial charge in [0.15, 0.2) is 16.4 Å². The highest BCUT2D eigenvalue weighted by molar-refractivity contribution is 7.91. The zero-order chi connectivity index (χ0) is 21.0. The fraction of sp³-hybridized carbons (Fsp3) is 0.250. The van der Waals surface area contributed by atoms with Crippen molar-refractivity contribution in [3.8, 4) is 23.0 Å². The molecule has 0 radical (unpaired) electrons. The summed E-state index contributed by atoms with van der Waals surface area (Å²) in [5.41, 5.74) is 0. The van der Waals surface area contributed by atoms with E-state index in [0.717, 1.165) is 0 Å². The van der Waals surface area contributed by atoms with Gasteiger partial charge in [-0.1, -0.05) is 0 Å². The molecular weight excluding hydrogens is 396 g/mol. The van der Waals surface area contributed by atoms with E-state index in [1.165, 1.54) is 33.5 Å². The van der Waals surface area contributed by atoms with Crippen LogP contribution in [0.15, 0.2) is 46.7 Å². The van der Waals surface area contributed by atoms with Crippen LogP contribution < -0.4 is 18.9 Å². The number of carbonyl (C=O) groups excluding carboxylic acids is 1. The highest BCUT2D eigenvalue weighted by Gasteiger charge is 2.27. The van der Waals surface area contributed by atoms with E-state index in [-0.39, 0.29) is 16.7 Å². The Balaban J connectivity index is 2.30. The van der Waals surface area contributed by atoms with E-state index < -0.39 is 17.1 Å². The number of hydrogen-bond acceptors (Lipinski definition) is 8. The maximum Gasteiger partial charge on any atom is 0.348 e. The average molecular weight is 416 g/mol. The number of methoxy groups -OCH3 is 2. The molecule has 2 aromatic carbocycles. The Hall–Kier alpha value is -3.04. The van der Waals surface area contributed by atoms with Gasteiger partial charge in [0.1, 0.15) is 0 Å². The Morgan fingerprint density at radius 1 is 1.03 bits per heavy atom. The number of hydrogen-bond donors (Lipinski definition) is 0. The van der Waals surface area contributed by atoms with Gasteiger partial charge in [0.2, 0.25) is 11.5 Å². The quantitative estimate of drug-likeness (QED) is 0.250. The lowest BCUT2D eigenvalue weighted by Crippen LogP contribution is -2.09. The Morgan fingerprint density at radius 3 is 2.28 bits per heavy atom. The Labute approximate surface area is 171 Å². The van der Waals surface area contributed by atoms with Crippen molar-refractivity contribution in [1.29, 1.82) is 0 Å². The number of fused-ring (bicyclic) bond motifs is 1. The minimum atomic E-state index is -1.63. The number of nitrogens with zero attached hydrogens (tertiary/aromatic N) is 2. The molecule has 0 amide bonds. The highest BCUT2D eigenvalue weighted by atomic mass is 32.2. The predicted molar refractivity (Wildman–Crippen MR) is 106 cm³/mol. The second-order valence-electron chi connectivity index (χ2n) is 5.76. The van der Waals surface area contributed by atoms with Gasteiger partial charge in [-0.15, -0.1) is 0 Å². The van der Waals surface area contributed by atoms with E-state index in [1.54, 1.807) is 24.3 Å². The van der Waals surface area contributed by atoms with Crippen LogP contribution in [0.1, 0.15) is 13.8 Å². The molecule has 1 aromatic heterocycles. The van der Waals surface area contributed by atoms with Crippen LogP contribution >= 0.6 is 0 Å². The number of benzene rings is 2. The van der Waals surface area contributed by atoms with E-state index in [4.69, 9.17) is 18.9 Å². The van der Waals surface area contributed by atoms with E-state index in [0.29, 0.717) is 33.8 Å². The van der Waals surface area contributed by atoms with Crippen LogP contribution in [0.2, 0.25) is 0 Å². The first-order valence-corrected chi connectivity index (χ1v) is 9.88. The Bertz CT molecular complexity index is 1030. The smallest absolute Gasteiger partial charge is 0.348 e. The summed E-state index contributed by atoms with van der Waals surface area (Å²) >= 11 is -1.63. The van der Waals surface area contributed by atoms with Crippen molar-refractivity contribution < 1.29 is 28.3 Å². The lowest BCUT2D eigenvalue weighted by molar-refractivity contribution is -0.131. The summed E-state index contributed by atoms with van der Waals surface area (Å²) in [5.74, 6) is 0.568. The molecule has 29 heavy (non-hydrogen) atoms. The summed E-state index contributed by atoms with van der Waals surface area (Å²) in [4.78, 5) is 20.3. The molecule has 0 saturated carbocycles. The second-order valence-corrected chi connectivity index (χ2v) is 7.13. The molecule has 9 heteroatoms. The normalized spacial score (nSPS) is 11.8. The molecule has 152 valence electrons. The lowest BCUT2D eigenvalue weighted by Gasteiger charge is -2.20. The van der Waals surface area contributed by atoms with Crippen LogP contribution in [0.5, 0.6) is 23.0 Å². The van der Waals surface area contributed by atoms with Crippen LogP contribution in [0.25, 0.3) is 10.8 Å². The summed E-state index contributed by atoms with van der Waals surface area (Å²) in [6.07, 6.45) is 3.04. The SMILES string of the molecule is CCOc1c(OC)c(OC)c(OC(C)=O)c2cc([S+]([O-])c3ncccn3)ccc12. The molecule has 0 N–H and O–H groups in total. The molecule has 0 aliphatic carbocycles. The summed E-state index contributed by atoms with van der Waals surface area (Å²) < 4.78 is 35.1. The van der Waals surface area contributed by atoms with Crippen molar-refractivity contribution in [3.05, 3.63) is 36.7 Å². The summed E-state index contributed by atoms with van der Waals surface area (Å²) in [5, 5.41) is 1.28. The van der Waals surface area contributed by atoms with Gasteiger partial charge >= 0.3 is 11.1 Å². The molecule has 0 spiro atoms. The van der Waals surface area contributed by atoms with Gasteiger partial charge in [-0.2, -0.15) is 9.97 Å². The van der Waals surface area contributed by atoms with Crippen molar-refractivity contribution in [2.45, 2.75) is 23.9 Å². The van der Waals surface area contributed by atoms with Crippen molar-refractivity contribution in [2.75, 3.05) is 20.8 Å². The molecule has 3 rings (SSSR count). The molecule has 0 aliphatic heterocycles. The van der Waals surface area contributed by atoms with E-state index in [2.05, 4.69) is 9.97 Å². The van der Waals surface area contributed by atoms with Gasteiger partial charge in [-0.3, -0.25) is 4.79 Å². The zero-order valence-corrected chi connectivity index (χ0v) is 17.2. The first-order valence-electron chi connectivity index (χ1n) is 8.73. The number of carbonyl (C=O) groups is 1. The van der Waals surface area contributed by atoms with Crippen molar-refractivity contribution in [3.63, 3.8) is 0 Å². The number of rotatable bonds is 7.